The molecular formula is C20H20N6S. The van der Waals surface area contributed by atoms with Crippen molar-refractivity contribution in [1.82, 2.24) is 24.7 Å². The maximum Gasteiger partial charge on any atom is 0.223 e. The van der Waals surface area contributed by atoms with E-state index in [1.165, 1.54) is 0 Å². The maximum atomic E-state index is 4.69. The van der Waals surface area contributed by atoms with Gasteiger partial charge in [-0.15, -0.1) is 11.3 Å². The van der Waals surface area contributed by atoms with Crippen LogP contribution < -0.4 is 5.32 Å². The Morgan fingerprint density at radius 3 is 2.63 bits per heavy atom. The third-order valence-corrected chi connectivity index (χ3v) is 5.35. The summed E-state index contributed by atoms with van der Waals surface area (Å²) in [6.45, 7) is 4.68. The predicted molar refractivity (Wildman–Crippen MR) is 109 cm³/mol. The molecule has 0 aliphatic rings. The molecule has 3 heterocycles. The van der Waals surface area contributed by atoms with Gasteiger partial charge in [-0.2, -0.15) is 5.10 Å². The Balaban J connectivity index is 1.56. The summed E-state index contributed by atoms with van der Waals surface area (Å²) in [5.41, 5.74) is 7.99. The van der Waals surface area contributed by atoms with Crippen LogP contribution in [-0.4, -0.2) is 24.7 Å². The third-order valence-electron chi connectivity index (χ3n) is 4.52. The number of hydrogen-bond acceptors (Lipinski definition) is 6. The molecule has 0 saturated carbocycles. The van der Waals surface area contributed by atoms with Crippen molar-refractivity contribution in [3.05, 3.63) is 64.4 Å². The van der Waals surface area contributed by atoms with Crippen LogP contribution in [0, 0.1) is 13.8 Å². The van der Waals surface area contributed by atoms with Crippen LogP contribution in [0.15, 0.2) is 48.1 Å². The van der Waals surface area contributed by atoms with E-state index in [-0.39, 0.29) is 0 Å². The van der Waals surface area contributed by atoms with E-state index >= 15 is 0 Å². The van der Waals surface area contributed by atoms with Gasteiger partial charge in [0.05, 0.1) is 34.0 Å². The van der Waals surface area contributed by atoms with Crippen LogP contribution >= 0.6 is 11.3 Å². The van der Waals surface area contributed by atoms with Crippen LogP contribution in [0.3, 0.4) is 0 Å². The molecule has 1 aromatic carbocycles. The van der Waals surface area contributed by atoms with Crippen LogP contribution in [-0.2, 0) is 13.6 Å². The molecule has 0 aliphatic carbocycles. The molecule has 0 atom stereocenters. The number of anilines is 1. The van der Waals surface area contributed by atoms with Gasteiger partial charge in [0.1, 0.15) is 0 Å². The standard InChI is InChI=1S/C20H20N6S/c1-13-18(14(2)26(3)25-13)16-9-10-21-20(24-16)22-11-17-19(23-12-27-17)15-7-5-4-6-8-15/h4-10,12H,11H2,1-3H3,(H,21,22,24). The molecule has 136 valence electrons. The first kappa shape index (κ1) is 17.4. The SMILES string of the molecule is Cc1nn(C)c(C)c1-c1ccnc(NCc2scnc2-c2ccccc2)n1. The van der Waals surface area contributed by atoms with Gasteiger partial charge in [-0.1, -0.05) is 30.3 Å². The van der Waals surface area contributed by atoms with E-state index in [9.17, 15) is 0 Å². The summed E-state index contributed by atoms with van der Waals surface area (Å²) in [6.07, 6.45) is 1.78. The fraction of sp³-hybridized carbons (Fsp3) is 0.200. The molecule has 0 aliphatic heterocycles. The lowest BCUT2D eigenvalue weighted by Crippen LogP contribution is -2.04. The molecule has 27 heavy (non-hydrogen) atoms. The highest BCUT2D eigenvalue weighted by molar-refractivity contribution is 7.10. The summed E-state index contributed by atoms with van der Waals surface area (Å²) in [4.78, 5) is 14.7. The number of rotatable bonds is 5. The van der Waals surface area contributed by atoms with Crippen molar-refractivity contribution in [1.29, 1.82) is 0 Å². The minimum atomic E-state index is 0.600. The second-order valence-electron chi connectivity index (χ2n) is 6.28. The van der Waals surface area contributed by atoms with Crippen LogP contribution in [0.4, 0.5) is 5.95 Å². The Morgan fingerprint density at radius 2 is 1.89 bits per heavy atom. The quantitative estimate of drug-likeness (QED) is 0.564. The molecule has 0 unspecified atom stereocenters. The fourth-order valence-electron chi connectivity index (χ4n) is 3.11. The van der Waals surface area contributed by atoms with Gasteiger partial charge in [0.25, 0.3) is 0 Å². The molecule has 0 fully saturated rings. The summed E-state index contributed by atoms with van der Waals surface area (Å²) in [7, 11) is 1.95. The lowest BCUT2D eigenvalue weighted by molar-refractivity contribution is 0.731. The second-order valence-corrected chi connectivity index (χ2v) is 7.22. The molecule has 7 heteroatoms. The number of aromatic nitrogens is 5. The van der Waals surface area contributed by atoms with Crippen molar-refractivity contribution >= 4 is 17.3 Å². The molecule has 1 N–H and O–H groups in total. The lowest BCUT2D eigenvalue weighted by Gasteiger charge is -2.07. The minimum absolute atomic E-state index is 0.600. The molecule has 0 amide bonds. The van der Waals surface area contributed by atoms with Gasteiger partial charge in [-0.05, 0) is 19.9 Å². The summed E-state index contributed by atoms with van der Waals surface area (Å²) in [5, 5.41) is 7.81. The average Bonchev–Trinajstić information content (AvgIpc) is 3.25. The zero-order chi connectivity index (χ0) is 18.8. The van der Waals surface area contributed by atoms with Crippen LogP contribution in [0.1, 0.15) is 16.3 Å². The van der Waals surface area contributed by atoms with Crippen molar-refractivity contribution < 1.29 is 0 Å². The van der Waals surface area contributed by atoms with Crippen LogP contribution in [0.25, 0.3) is 22.5 Å². The van der Waals surface area contributed by atoms with Crippen molar-refractivity contribution in [3.63, 3.8) is 0 Å². The van der Waals surface area contributed by atoms with E-state index in [1.807, 2.05) is 55.4 Å². The first-order valence-electron chi connectivity index (χ1n) is 8.68. The van der Waals surface area contributed by atoms with Gasteiger partial charge in [0.2, 0.25) is 5.95 Å². The van der Waals surface area contributed by atoms with E-state index < -0.39 is 0 Å². The van der Waals surface area contributed by atoms with Gasteiger partial charge >= 0.3 is 0 Å². The zero-order valence-corrected chi connectivity index (χ0v) is 16.3. The van der Waals surface area contributed by atoms with Gasteiger partial charge in [-0.25, -0.2) is 15.0 Å². The van der Waals surface area contributed by atoms with E-state index in [0.29, 0.717) is 12.5 Å². The average molecular weight is 376 g/mol. The van der Waals surface area contributed by atoms with E-state index in [1.54, 1.807) is 17.5 Å². The van der Waals surface area contributed by atoms with Gasteiger partial charge in [0.15, 0.2) is 0 Å². The largest absolute Gasteiger partial charge is 0.349 e. The van der Waals surface area contributed by atoms with E-state index in [0.717, 1.165) is 38.8 Å². The molecule has 4 aromatic rings. The molecule has 4 rings (SSSR count). The van der Waals surface area contributed by atoms with E-state index in [2.05, 4.69) is 37.5 Å². The highest BCUT2D eigenvalue weighted by atomic mass is 32.1. The molecule has 0 bridgehead atoms. The smallest absolute Gasteiger partial charge is 0.223 e. The Hall–Kier alpha value is -3.06. The lowest BCUT2D eigenvalue weighted by atomic mass is 10.1. The monoisotopic (exact) mass is 376 g/mol. The van der Waals surface area contributed by atoms with Gasteiger partial charge in [0, 0.05) is 30.1 Å². The highest BCUT2D eigenvalue weighted by Crippen LogP contribution is 2.27. The normalized spacial score (nSPS) is 10.9. The molecule has 0 spiro atoms. The number of hydrogen-bond donors (Lipinski definition) is 1. The highest BCUT2D eigenvalue weighted by Gasteiger charge is 2.14. The first-order chi connectivity index (χ1) is 13.1. The fourth-order valence-corrected chi connectivity index (χ4v) is 3.84. The molecule has 0 saturated heterocycles. The van der Waals surface area contributed by atoms with Crippen molar-refractivity contribution in [2.45, 2.75) is 20.4 Å². The third kappa shape index (κ3) is 3.46. The Labute approximate surface area is 162 Å². The van der Waals surface area contributed by atoms with Crippen molar-refractivity contribution in [3.8, 4) is 22.5 Å². The summed E-state index contributed by atoms with van der Waals surface area (Å²) in [5.74, 6) is 0.600. The summed E-state index contributed by atoms with van der Waals surface area (Å²) >= 11 is 1.63. The number of nitrogens with zero attached hydrogens (tertiary/aromatic N) is 5. The minimum Gasteiger partial charge on any atom is -0.349 e. The van der Waals surface area contributed by atoms with Gasteiger partial charge in [-0.3, -0.25) is 4.68 Å². The maximum absolute atomic E-state index is 4.69. The number of aryl methyl sites for hydroxylation is 2. The van der Waals surface area contributed by atoms with Gasteiger partial charge < -0.3 is 5.32 Å². The topological polar surface area (TPSA) is 68.5 Å². The molecule has 3 aromatic heterocycles. The second kappa shape index (κ2) is 7.28. The Kier molecular flexibility index (Phi) is 4.68. The Bertz CT molecular complexity index is 1070. The molecular weight excluding hydrogens is 356 g/mol. The first-order valence-corrected chi connectivity index (χ1v) is 9.56. The van der Waals surface area contributed by atoms with Crippen molar-refractivity contribution in [2.75, 3.05) is 5.32 Å². The Morgan fingerprint density at radius 1 is 1.07 bits per heavy atom. The van der Waals surface area contributed by atoms with Crippen molar-refractivity contribution in [2.24, 2.45) is 7.05 Å². The zero-order valence-electron chi connectivity index (χ0n) is 15.5. The number of benzene rings is 1. The van der Waals surface area contributed by atoms with Crippen LogP contribution in [0.5, 0.6) is 0 Å². The summed E-state index contributed by atoms with van der Waals surface area (Å²) < 4.78 is 1.88. The van der Waals surface area contributed by atoms with E-state index in [4.69, 9.17) is 0 Å². The molecule has 6 nitrogen and oxygen atoms in total. The number of thiazole rings is 1. The van der Waals surface area contributed by atoms with Crippen LogP contribution in [0.2, 0.25) is 0 Å². The number of nitrogens with one attached hydrogen (secondary N) is 1. The predicted octanol–water partition coefficient (Wildman–Crippen LogP) is 4.23. The summed E-state index contributed by atoms with van der Waals surface area (Å²) in [6, 6.07) is 12.1. The molecule has 0 radical (unpaired) electrons.